The second-order valence-electron chi connectivity index (χ2n) is 7.60. The van der Waals surface area contributed by atoms with Gasteiger partial charge in [0.15, 0.2) is 0 Å². The Morgan fingerprint density at radius 1 is 1.03 bits per heavy atom. The van der Waals surface area contributed by atoms with E-state index in [0.717, 1.165) is 16.1 Å². The van der Waals surface area contributed by atoms with Gasteiger partial charge in [0, 0.05) is 17.6 Å². The van der Waals surface area contributed by atoms with Gasteiger partial charge in [-0.2, -0.15) is 0 Å². The summed E-state index contributed by atoms with van der Waals surface area (Å²) in [6.45, 7) is 5.00. The highest BCUT2D eigenvalue weighted by Gasteiger charge is 2.30. The first-order valence-corrected chi connectivity index (χ1v) is 12.1. The molecule has 0 aromatic heterocycles. The van der Waals surface area contributed by atoms with Gasteiger partial charge >= 0.3 is 0 Å². The van der Waals surface area contributed by atoms with Crippen molar-refractivity contribution in [2.75, 3.05) is 17.1 Å². The normalized spacial score (nSPS) is 12.3. The van der Waals surface area contributed by atoms with Crippen LogP contribution in [0.2, 0.25) is 5.02 Å². The molecule has 0 unspecified atom stereocenters. The fourth-order valence-corrected chi connectivity index (χ4v) is 4.04. The first-order valence-electron chi connectivity index (χ1n) is 9.86. The van der Waals surface area contributed by atoms with Gasteiger partial charge in [-0.1, -0.05) is 48.0 Å². The number of nitrogens with one attached hydrogen (secondary N) is 1. The number of carbonyl (C=O) groups excluding carboxylic acids is 2. The minimum Gasteiger partial charge on any atom is -0.352 e. The molecule has 2 aromatic carbocycles. The SMILES string of the molecule is CC(C)NC(=O)[C@H](C)N(Cc1ccccc1)C(=O)CN(c1cccc(Cl)c1)S(C)(=O)=O. The average Bonchev–Trinajstić information content (AvgIpc) is 2.69. The maximum Gasteiger partial charge on any atom is 0.244 e. The van der Waals surface area contributed by atoms with Gasteiger partial charge in [0.25, 0.3) is 0 Å². The number of sulfonamides is 1. The van der Waals surface area contributed by atoms with E-state index in [9.17, 15) is 18.0 Å². The van der Waals surface area contributed by atoms with Crippen LogP contribution in [0.25, 0.3) is 0 Å². The summed E-state index contributed by atoms with van der Waals surface area (Å²) in [5.74, 6) is -0.811. The molecule has 0 bridgehead atoms. The molecule has 7 nitrogen and oxygen atoms in total. The van der Waals surface area contributed by atoms with Gasteiger partial charge < -0.3 is 10.2 Å². The smallest absolute Gasteiger partial charge is 0.244 e. The molecule has 0 aliphatic rings. The van der Waals surface area contributed by atoms with Gasteiger partial charge in [0.05, 0.1) is 11.9 Å². The lowest BCUT2D eigenvalue weighted by Crippen LogP contribution is -2.52. The van der Waals surface area contributed by atoms with Gasteiger partial charge in [0.2, 0.25) is 21.8 Å². The van der Waals surface area contributed by atoms with Crippen molar-refractivity contribution < 1.29 is 18.0 Å². The topological polar surface area (TPSA) is 86.8 Å². The largest absolute Gasteiger partial charge is 0.352 e. The number of nitrogens with zero attached hydrogens (tertiary/aromatic N) is 2. The minimum atomic E-state index is -3.77. The number of hydrogen-bond acceptors (Lipinski definition) is 4. The summed E-state index contributed by atoms with van der Waals surface area (Å²) in [5.41, 5.74) is 1.11. The van der Waals surface area contributed by atoms with Crippen LogP contribution in [0.3, 0.4) is 0 Å². The molecule has 0 aliphatic heterocycles. The first kappa shape index (κ1) is 24.7. The van der Waals surface area contributed by atoms with Crippen LogP contribution in [0.5, 0.6) is 0 Å². The molecule has 0 aliphatic carbocycles. The van der Waals surface area contributed by atoms with Crippen LogP contribution in [0.4, 0.5) is 5.69 Å². The van der Waals surface area contributed by atoms with Crippen LogP contribution >= 0.6 is 11.6 Å². The van der Waals surface area contributed by atoms with Crippen molar-refractivity contribution in [2.45, 2.75) is 39.4 Å². The van der Waals surface area contributed by atoms with Crippen molar-refractivity contribution in [1.82, 2.24) is 10.2 Å². The van der Waals surface area contributed by atoms with E-state index in [2.05, 4.69) is 5.32 Å². The number of benzene rings is 2. The molecular weight excluding hydrogens is 438 g/mol. The minimum absolute atomic E-state index is 0.0948. The zero-order chi connectivity index (χ0) is 23.2. The van der Waals surface area contributed by atoms with Crippen LogP contribution in [0, 0.1) is 0 Å². The summed E-state index contributed by atoms with van der Waals surface area (Å²) in [5, 5.41) is 3.16. The summed E-state index contributed by atoms with van der Waals surface area (Å²) in [6.07, 6.45) is 1.03. The molecule has 9 heteroatoms. The number of anilines is 1. The van der Waals surface area contributed by atoms with E-state index in [0.29, 0.717) is 5.02 Å². The standard InChI is InChI=1S/C22H28ClN3O4S/c1-16(2)24-22(28)17(3)25(14-18-9-6-5-7-10-18)21(27)15-26(31(4,29)30)20-12-8-11-19(23)13-20/h5-13,16-17H,14-15H2,1-4H3,(H,24,28)/t17-/m0/s1. The van der Waals surface area contributed by atoms with Crippen LogP contribution < -0.4 is 9.62 Å². The molecule has 2 rings (SSSR count). The van der Waals surface area contributed by atoms with E-state index in [1.165, 1.54) is 11.0 Å². The highest BCUT2D eigenvalue weighted by molar-refractivity contribution is 7.92. The van der Waals surface area contributed by atoms with E-state index >= 15 is 0 Å². The quantitative estimate of drug-likeness (QED) is 0.616. The van der Waals surface area contributed by atoms with Crippen molar-refractivity contribution in [3.8, 4) is 0 Å². The van der Waals surface area contributed by atoms with Crippen molar-refractivity contribution >= 4 is 39.1 Å². The maximum absolute atomic E-state index is 13.3. The molecule has 1 atom stereocenters. The van der Waals surface area contributed by atoms with Gasteiger partial charge in [-0.15, -0.1) is 0 Å². The van der Waals surface area contributed by atoms with Crippen LogP contribution in [-0.4, -0.2) is 50.0 Å². The Labute approximate surface area is 189 Å². The molecule has 0 radical (unpaired) electrons. The van der Waals surface area contributed by atoms with Gasteiger partial charge in [-0.25, -0.2) is 8.42 Å². The zero-order valence-electron chi connectivity index (χ0n) is 18.1. The Bertz CT molecular complexity index is 1010. The Morgan fingerprint density at radius 2 is 1.68 bits per heavy atom. The van der Waals surface area contributed by atoms with Crippen molar-refractivity contribution in [3.63, 3.8) is 0 Å². The number of rotatable bonds is 9. The van der Waals surface area contributed by atoms with Gasteiger partial charge in [-0.3, -0.25) is 13.9 Å². The Kier molecular flexibility index (Phi) is 8.47. The number of carbonyl (C=O) groups is 2. The van der Waals surface area contributed by atoms with Crippen LogP contribution in [0.15, 0.2) is 54.6 Å². The summed E-state index contributed by atoms with van der Waals surface area (Å²) in [6, 6.07) is 14.6. The predicted molar refractivity (Wildman–Crippen MR) is 123 cm³/mol. The average molecular weight is 466 g/mol. The van der Waals surface area contributed by atoms with E-state index in [1.807, 2.05) is 44.2 Å². The van der Waals surface area contributed by atoms with E-state index in [1.54, 1.807) is 25.1 Å². The van der Waals surface area contributed by atoms with E-state index in [4.69, 9.17) is 11.6 Å². The Morgan fingerprint density at radius 3 is 2.23 bits per heavy atom. The lowest BCUT2D eigenvalue weighted by molar-refractivity contribution is -0.139. The highest BCUT2D eigenvalue weighted by atomic mass is 35.5. The molecule has 1 N–H and O–H groups in total. The molecule has 0 saturated carbocycles. The summed E-state index contributed by atoms with van der Waals surface area (Å²) in [4.78, 5) is 27.3. The molecule has 0 spiro atoms. The first-order chi connectivity index (χ1) is 14.5. The lowest BCUT2D eigenvalue weighted by Gasteiger charge is -2.31. The second kappa shape index (κ2) is 10.6. The molecule has 0 heterocycles. The fourth-order valence-electron chi connectivity index (χ4n) is 3.01. The monoisotopic (exact) mass is 465 g/mol. The molecule has 2 amide bonds. The van der Waals surface area contributed by atoms with Crippen molar-refractivity contribution in [3.05, 3.63) is 65.2 Å². The Hall–Kier alpha value is -2.58. The van der Waals surface area contributed by atoms with Crippen LogP contribution in [0.1, 0.15) is 26.3 Å². The highest BCUT2D eigenvalue weighted by Crippen LogP contribution is 2.22. The predicted octanol–water partition coefficient (Wildman–Crippen LogP) is 3.05. The van der Waals surface area contributed by atoms with Gasteiger partial charge in [0.1, 0.15) is 12.6 Å². The summed E-state index contributed by atoms with van der Waals surface area (Å²) in [7, 11) is -3.77. The third-order valence-electron chi connectivity index (χ3n) is 4.57. The molecule has 0 fully saturated rings. The van der Waals surface area contributed by atoms with E-state index in [-0.39, 0.29) is 24.2 Å². The van der Waals surface area contributed by atoms with Gasteiger partial charge in [-0.05, 0) is 44.5 Å². The third-order valence-corrected chi connectivity index (χ3v) is 5.95. The number of amides is 2. The molecule has 2 aromatic rings. The maximum atomic E-state index is 13.3. The summed E-state index contributed by atoms with van der Waals surface area (Å²) < 4.78 is 25.9. The number of halogens is 1. The fraction of sp³-hybridized carbons (Fsp3) is 0.364. The lowest BCUT2D eigenvalue weighted by atomic mass is 10.1. The molecular formula is C22H28ClN3O4S. The third kappa shape index (κ3) is 7.25. The van der Waals surface area contributed by atoms with Crippen molar-refractivity contribution in [1.29, 1.82) is 0 Å². The van der Waals surface area contributed by atoms with E-state index < -0.39 is 28.5 Å². The zero-order valence-corrected chi connectivity index (χ0v) is 19.7. The summed E-state index contributed by atoms with van der Waals surface area (Å²) >= 11 is 6.02. The van der Waals surface area contributed by atoms with Crippen LogP contribution in [-0.2, 0) is 26.2 Å². The number of hydrogen-bond donors (Lipinski definition) is 1. The molecule has 0 saturated heterocycles. The molecule has 31 heavy (non-hydrogen) atoms. The van der Waals surface area contributed by atoms with Crippen molar-refractivity contribution in [2.24, 2.45) is 0 Å². The Balaban J connectivity index is 2.36. The second-order valence-corrected chi connectivity index (χ2v) is 9.94. The molecule has 168 valence electrons.